The molecule has 3 N–H and O–H groups in total. The number of aliphatic hydroxyl groups excluding tert-OH is 1. The first kappa shape index (κ1) is 11.9. The van der Waals surface area contributed by atoms with E-state index in [0.29, 0.717) is 12.0 Å². The fourth-order valence-corrected chi connectivity index (χ4v) is 1.28. The highest BCUT2D eigenvalue weighted by Gasteiger charge is 2.13. The molecule has 0 spiro atoms. The molecule has 3 nitrogen and oxygen atoms in total. The van der Waals surface area contributed by atoms with Crippen molar-refractivity contribution in [3.63, 3.8) is 0 Å². The molecule has 1 rings (SSSR count). The van der Waals surface area contributed by atoms with Gasteiger partial charge in [0, 0.05) is 18.2 Å². The highest BCUT2D eigenvalue weighted by atomic mass is 19.3. The lowest BCUT2D eigenvalue weighted by atomic mass is 10.0. The minimum Gasteiger partial charge on any atom is -0.434 e. The van der Waals surface area contributed by atoms with E-state index in [9.17, 15) is 8.78 Å². The van der Waals surface area contributed by atoms with Crippen molar-refractivity contribution in [3.8, 4) is 5.75 Å². The van der Waals surface area contributed by atoms with E-state index in [1.807, 2.05) is 0 Å². The van der Waals surface area contributed by atoms with Crippen LogP contribution < -0.4 is 10.5 Å². The number of hydrogen-bond acceptors (Lipinski definition) is 3. The van der Waals surface area contributed by atoms with Gasteiger partial charge in [0.05, 0.1) is 0 Å². The SMILES string of the molecule is N[C@H](CCO)c1ccccc1OC(F)F. The molecule has 5 heteroatoms. The largest absolute Gasteiger partial charge is 0.434 e. The number of aliphatic hydroxyl groups is 1. The molecule has 0 bridgehead atoms. The summed E-state index contributed by atoms with van der Waals surface area (Å²) >= 11 is 0. The third-order valence-corrected chi connectivity index (χ3v) is 1.97. The molecule has 0 aromatic heterocycles. The molecule has 0 saturated carbocycles. The number of hydrogen-bond donors (Lipinski definition) is 2. The summed E-state index contributed by atoms with van der Waals surface area (Å²) in [7, 11) is 0. The summed E-state index contributed by atoms with van der Waals surface area (Å²) in [4.78, 5) is 0. The van der Waals surface area contributed by atoms with Crippen LogP contribution in [-0.4, -0.2) is 18.3 Å². The molecule has 0 amide bonds. The Hall–Kier alpha value is -1.20. The second kappa shape index (κ2) is 5.63. The van der Waals surface area contributed by atoms with Gasteiger partial charge >= 0.3 is 6.61 Å². The van der Waals surface area contributed by atoms with Crippen LogP contribution >= 0.6 is 0 Å². The number of benzene rings is 1. The molecule has 84 valence electrons. The van der Waals surface area contributed by atoms with Crippen molar-refractivity contribution >= 4 is 0 Å². The third-order valence-electron chi connectivity index (χ3n) is 1.97. The summed E-state index contributed by atoms with van der Waals surface area (Å²) in [5.74, 6) is 0.0634. The van der Waals surface area contributed by atoms with Crippen molar-refractivity contribution in [1.29, 1.82) is 0 Å². The first-order valence-corrected chi connectivity index (χ1v) is 4.55. The Kier molecular flexibility index (Phi) is 4.45. The van der Waals surface area contributed by atoms with Crippen molar-refractivity contribution in [2.75, 3.05) is 6.61 Å². The Morgan fingerprint density at radius 2 is 2.00 bits per heavy atom. The molecule has 1 aromatic rings. The number of rotatable bonds is 5. The van der Waals surface area contributed by atoms with Crippen LogP contribution in [0.4, 0.5) is 8.78 Å². The third kappa shape index (κ3) is 3.45. The lowest BCUT2D eigenvalue weighted by molar-refractivity contribution is -0.0506. The maximum absolute atomic E-state index is 12.0. The Labute approximate surface area is 86.5 Å². The molecule has 1 atom stereocenters. The van der Waals surface area contributed by atoms with Crippen LogP contribution in [0.1, 0.15) is 18.0 Å². The van der Waals surface area contributed by atoms with E-state index in [1.165, 1.54) is 6.07 Å². The Morgan fingerprint density at radius 1 is 1.33 bits per heavy atom. The van der Waals surface area contributed by atoms with Gasteiger partial charge in [-0.25, -0.2) is 0 Å². The zero-order valence-corrected chi connectivity index (χ0v) is 8.07. The number of nitrogens with two attached hydrogens (primary N) is 1. The van der Waals surface area contributed by atoms with Gasteiger partial charge in [-0.15, -0.1) is 0 Å². The molecule has 0 fully saturated rings. The summed E-state index contributed by atoms with van der Waals surface area (Å²) in [5.41, 5.74) is 6.18. The van der Waals surface area contributed by atoms with Crippen molar-refractivity contribution in [2.45, 2.75) is 19.1 Å². The molecule has 0 aliphatic rings. The topological polar surface area (TPSA) is 55.5 Å². The van der Waals surface area contributed by atoms with Gasteiger partial charge in [0.1, 0.15) is 5.75 Å². The van der Waals surface area contributed by atoms with Crippen molar-refractivity contribution in [3.05, 3.63) is 29.8 Å². The summed E-state index contributed by atoms with van der Waals surface area (Å²) < 4.78 is 28.4. The average Bonchev–Trinajstić information content (AvgIpc) is 2.18. The number of alkyl halides is 2. The van der Waals surface area contributed by atoms with E-state index in [-0.39, 0.29) is 12.4 Å². The van der Waals surface area contributed by atoms with Gasteiger partial charge < -0.3 is 15.6 Å². The van der Waals surface area contributed by atoms with E-state index in [0.717, 1.165) is 0 Å². The zero-order valence-electron chi connectivity index (χ0n) is 8.07. The van der Waals surface area contributed by atoms with Crippen LogP contribution in [-0.2, 0) is 0 Å². The Balaban J connectivity index is 2.85. The van der Waals surface area contributed by atoms with Crippen LogP contribution in [0.25, 0.3) is 0 Å². The van der Waals surface area contributed by atoms with Crippen molar-refractivity contribution < 1.29 is 18.6 Å². The van der Waals surface area contributed by atoms with Crippen molar-refractivity contribution in [1.82, 2.24) is 0 Å². The van der Waals surface area contributed by atoms with Crippen LogP contribution in [0.15, 0.2) is 24.3 Å². The molecule has 0 saturated heterocycles. The van der Waals surface area contributed by atoms with Gasteiger partial charge in [0.15, 0.2) is 0 Å². The minimum atomic E-state index is -2.87. The average molecular weight is 217 g/mol. The van der Waals surface area contributed by atoms with Crippen LogP contribution in [0.3, 0.4) is 0 Å². The highest BCUT2D eigenvalue weighted by molar-refractivity contribution is 5.35. The van der Waals surface area contributed by atoms with Gasteiger partial charge in [0.2, 0.25) is 0 Å². The molecule has 1 aromatic carbocycles. The fourth-order valence-electron chi connectivity index (χ4n) is 1.28. The molecule has 0 heterocycles. The zero-order chi connectivity index (χ0) is 11.3. The summed E-state index contributed by atoms with van der Waals surface area (Å²) in [6.45, 7) is -2.96. The smallest absolute Gasteiger partial charge is 0.387 e. The maximum atomic E-state index is 12.0. The second-order valence-electron chi connectivity index (χ2n) is 3.04. The summed E-state index contributed by atoms with van der Waals surface area (Å²) in [6.07, 6.45) is 0.309. The molecule has 0 aliphatic carbocycles. The Morgan fingerprint density at radius 3 is 2.60 bits per heavy atom. The van der Waals surface area contributed by atoms with E-state index in [4.69, 9.17) is 10.8 Å². The normalized spacial score (nSPS) is 12.9. The van der Waals surface area contributed by atoms with Crippen LogP contribution in [0.5, 0.6) is 5.75 Å². The van der Waals surface area contributed by atoms with E-state index in [2.05, 4.69) is 4.74 Å². The van der Waals surface area contributed by atoms with Crippen molar-refractivity contribution in [2.24, 2.45) is 5.73 Å². The molecule has 0 radical (unpaired) electrons. The first-order chi connectivity index (χ1) is 7.15. The highest BCUT2D eigenvalue weighted by Crippen LogP contribution is 2.26. The predicted molar refractivity (Wildman–Crippen MR) is 51.7 cm³/mol. The van der Waals surface area contributed by atoms with Gasteiger partial charge in [-0.2, -0.15) is 8.78 Å². The summed E-state index contributed by atoms with van der Waals surface area (Å²) in [5, 5.41) is 8.70. The van der Waals surface area contributed by atoms with Crippen LogP contribution in [0, 0.1) is 0 Å². The molecule has 0 unspecified atom stereocenters. The Bertz CT molecular complexity index is 307. The predicted octanol–water partition coefficient (Wildman–Crippen LogP) is 1.67. The monoisotopic (exact) mass is 217 g/mol. The van der Waals surface area contributed by atoms with Gasteiger partial charge in [-0.3, -0.25) is 0 Å². The first-order valence-electron chi connectivity index (χ1n) is 4.55. The molecule has 0 aliphatic heterocycles. The summed E-state index contributed by atoms with van der Waals surface area (Å²) in [6, 6.07) is 5.82. The maximum Gasteiger partial charge on any atom is 0.387 e. The van der Waals surface area contributed by atoms with Crippen LogP contribution in [0.2, 0.25) is 0 Å². The van der Waals surface area contributed by atoms with Gasteiger partial charge in [-0.1, -0.05) is 18.2 Å². The quantitative estimate of drug-likeness (QED) is 0.788. The van der Waals surface area contributed by atoms with E-state index < -0.39 is 12.7 Å². The van der Waals surface area contributed by atoms with Gasteiger partial charge in [0.25, 0.3) is 0 Å². The molecule has 15 heavy (non-hydrogen) atoms. The van der Waals surface area contributed by atoms with Gasteiger partial charge in [-0.05, 0) is 12.5 Å². The standard InChI is InChI=1S/C10H13F2NO2/c11-10(12)15-9-4-2-1-3-7(9)8(13)5-6-14/h1-4,8,10,14H,5-6,13H2/t8-/m1/s1. The second-order valence-corrected chi connectivity index (χ2v) is 3.04. The fraction of sp³-hybridized carbons (Fsp3) is 0.400. The number of ether oxygens (including phenoxy) is 1. The number of halogens is 2. The lowest BCUT2D eigenvalue weighted by Crippen LogP contribution is -2.14. The lowest BCUT2D eigenvalue weighted by Gasteiger charge is -2.15. The van der Waals surface area contributed by atoms with E-state index in [1.54, 1.807) is 18.2 Å². The number of para-hydroxylation sites is 1. The molecular weight excluding hydrogens is 204 g/mol. The molecular formula is C10H13F2NO2. The minimum absolute atomic E-state index is 0.0634. The van der Waals surface area contributed by atoms with E-state index >= 15 is 0 Å².